The molecule has 1 heterocycles. The number of rotatable bonds is 8. The SMILES string of the molecule is CCc1nsc(SCC(O)COCc2ccccc2)n1. The van der Waals surface area contributed by atoms with Crippen molar-refractivity contribution in [3.63, 3.8) is 0 Å². The van der Waals surface area contributed by atoms with E-state index in [1.807, 2.05) is 37.3 Å². The Morgan fingerprint density at radius 1 is 1.35 bits per heavy atom. The van der Waals surface area contributed by atoms with Crippen LogP contribution in [-0.4, -0.2) is 32.9 Å². The molecule has 0 aliphatic rings. The lowest BCUT2D eigenvalue weighted by Gasteiger charge is -2.10. The van der Waals surface area contributed by atoms with Crippen molar-refractivity contribution in [3.05, 3.63) is 41.7 Å². The fourth-order valence-corrected chi connectivity index (χ4v) is 3.17. The Morgan fingerprint density at radius 2 is 2.15 bits per heavy atom. The van der Waals surface area contributed by atoms with Gasteiger partial charge in [-0.1, -0.05) is 49.0 Å². The third kappa shape index (κ3) is 5.20. The van der Waals surface area contributed by atoms with Crippen LogP contribution in [0.15, 0.2) is 34.7 Å². The summed E-state index contributed by atoms with van der Waals surface area (Å²) in [6, 6.07) is 9.95. The fraction of sp³-hybridized carbons (Fsp3) is 0.429. The van der Waals surface area contributed by atoms with Crippen LogP contribution in [0, 0.1) is 0 Å². The first kappa shape index (κ1) is 15.4. The van der Waals surface area contributed by atoms with Crippen LogP contribution >= 0.6 is 23.3 Å². The lowest BCUT2D eigenvalue weighted by atomic mass is 10.2. The normalized spacial score (nSPS) is 12.5. The van der Waals surface area contributed by atoms with E-state index in [4.69, 9.17) is 4.74 Å². The van der Waals surface area contributed by atoms with Gasteiger partial charge in [-0.3, -0.25) is 0 Å². The molecular formula is C14H18N2O2S2. The summed E-state index contributed by atoms with van der Waals surface area (Å²) in [7, 11) is 0. The number of benzene rings is 1. The van der Waals surface area contributed by atoms with Crippen LogP contribution in [0.1, 0.15) is 18.3 Å². The van der Waals surface area contributed by atoms with Gasteiger partial charge in [-0.15, -0.1) is 0 Å². The first-order valence-corrected chi connectivity index (χ1v) is 8.29. The number of nitrogens with zero attached hydrogens (tertiary/aromatic N) is 2. The summed E-state index contributed by atoms with van der Waals surface area (Å²) in [4.78, 5) is 4.35. The van der Waals surface area contributed by atoms with Crippen LogP contribution < -0.4 is 0 Å². The second-order valence-corrected chi connectivity index (χ2v) is 6.31. The summed E-state index contributed by atoms with van der Waals surface area (Å²) in [6.45, 7) is 2.89. The summed E-state index contributed by atoms with van der Waals surface area (Å²) in [5.74, 6) is 1.44. The molecule has 4 nitrogen and oxygen atoms in total. The maximum atomic E-state index is 9.86. The Kier molecular flexibility index (Phi) is 6.46. The number of aromatic nitrogens is 2. The maximum Gasteiger partial charge on any atom is 0.170 e. The van der Waals surface area contributed by atoms with Gasteiger partial charge in [0.1, 0.15) is 5.82 Å². The minimum Gasteiger partial charge on any atom is -0.390 e. The Balaban J connectivity index is 1.64. The number of hydrogen-bond donors (Lipinski definition) is 1. The van der Waals surface area contributed by atoms with E-state index in [-0.39, 0.29) is 0 Å². The molecule has 2 aromatic rings. The lowest BCUT2D eigenvalue weighted by Crippen LogP contribution is -2.17. The van der Waals surface area contributed by atoms with Gasteiger partial charge >= 0.3 is 0 Å². The van der Waals surface area contributed by atoms with Gasteiger partial charge in [0.15, 0.2) is 4.34 Å². The molecule has 0 fully saturated rings. The third-order valence-corrected chi connectivity index (χ3v) is 4.60. The highest BCUT2D eigenvalue weighted by molar-refractivity contribution is 8.00. The predicted molar refractivity (Wildman–Crippen MR) is 82.1 cm³/mol. The molecule has 0 saturated carbocycles. The van der Waals surface area contributed by atoms with Crippen molar-refractivity contribution in [2.45, 2.75) is 30.4 Å². The van der Waals surface area contributed by atoms with Crippen molar-refractivity contribution >= 4 is 23.3 Å². The molecule has 1 aromatic carbocycles. The Labute approximate surface area is 127 Å². The number of thioether (sulfide) groups is 1. The van der Waals surface area contributed by atoms with E-state index < -0.39 is 6.10 Å². The number of aryl methyl sites for hydroxylation is 1. The topological polar surface area (TPSA) is 55.2 Å². The zero-order valence-corrected chi connectivity index (χ0v) is 13.0. The lowest BCUT2D eigenvalue weighted by molar-refractivity contribution is 0.0398. The first-order chi connectivity index (χ1) is 9.78. The molecule has 1 aromatic heterocycles. The minimum absolute atomic E-state index is 0.335. The van der Waals surface area contributed by atoms with Crippen LogP contribution in [0.3, 0.4) is 0 Å². The molecule has 20 heavy (non-hydrogen) atoms. The summed E-state index contributed by atoms with van der Waals surface area (Å²) < 4.78 is 10.6. The van der Waals surface area contributed by atoms with Crippen molar-refractivity contribution in [1.29, 1.82) is 0 Å². The average Bonchev–Trinajstić information content (AvgIpc) is 2.94. The van der Waals surface area contributed by atoms with Crippen LogP contribution in [-0.2, 0) is 17.8 Å². The monoisotopic (exact) mass is 310 g/mol. The second-order valence-electron chi connectivity index (χ2n) is 4.30. The molecule has 1 N–H and O–H groups in total. The molecule has 108 valence electrons. The van der Waals surface area contributed by atoms with E-state index in [0.29, 0.717) is 19.0 Å². The molecule has 0 saturated heterocycles. The van der Waals surface area contributed by atoms with Crippen LogP contribution in [0.2, 0.25) is 0 Å². The van der Waals surface area contributed by atoms with Crippen molar-refractivity contribution in [2.24, 2.45) is 0 Å². The van der Waals surface area contributed by atoms with Crippen molar-refractivity contribution < 1.29 is 9.84 Å². The summed E-state index contributed by atoms with van der Waals surface area (Å²) in [6.07, 6.45) is 0.359. The van der Waals surface area contributed by atoms with Gasteiger partial charge in [-0.05, 0) is 17.1 Å². The summed E-state index contributed by atoms with van der Waals surface area (Å²) >= 11 is 2.91. The van der Waals surface area contributed by atoms with E-state index in [1.54, 1.807) is 0 Å². The van der Waals surface area contributed by atoms with Gasteiger partial charge in [0.2, 0.25) is 0 Å². The van der Waals surface area contributed by atoms with Gasteiger partial charge in [0.25, 0.3) is 0 Å². The van der Waals surface area contributed by atoms with E-state index in [1.165, 1.54) is 23.3 Å². The summed E-state index contributed by atoms with van der Waals surface area (Å²) in [5.41, 5.74) is 1.11. The van der Waals surface area contributed by atoms with E-state index in [0.717, 1.165) is 22.1 Å². The fourth-order valence-electron chi connectivity index (χ4n) is 1.54. The second kappa shape index (κ2) is 8.36. The van der Waals surface area contributed by atoms with Crippen LogP contribution in [0.4, 0.5) is 0 Å². The van der Waals surface area contributed by atoms with Crippen molar-refractivity contribution in [3.8, 4) is 0 Å². The number of ether oxygens (including phenoxy) is 1. The first-order valence-electron chi connectivity index (χ1n) is 6.53. The highest BCUT2D eigenvalue weighted by Gasteiger charge is 2.08. The number of aliphatic hydroxyl groups is 1. The van der Waals surface area contributed by atoms with E-state index in [9.17, 15) is 5.11 Å². The molecule has 1 atom stereocenters. The smallest absolute Gasteiger partial charge is 0.170 e. The standard InChI is InChI=1S/C14H18N2O2S2/c1-2-13-15-14(20-16-13)19-10-12(17)9-18-8-11-6-4-3-5-7-11/h3-7,12,17H,2,8-10H2,1H3. The average molecular weight is 310 g/mol. The molecule has 2 rings (SSSR count). The van der Waals surface area contributed by atoms with E-state index in [2.05, 4.69) is 9.36 Å². The molecule has 1 unspecified atom stereocenters. The van der Waals surface area contributed by atoms with Gasteiger partial charge in [-0.2, -0.15) is 4.37 Å². The predicted octanol–water partition coefficient (Wildman–Crippen LogP) is 2.77. The van der Waals surface area contributed by atoms with Gasteiger partial charge in [-0.25, -0.2) is 4.98 Å². The Morgan fingerprint density at radius 3 is 2.85 bits per heavy atom. The summed E-state index contributed by atoms with van der Waals surface area (Å²) in [5, 5.41) is 9.86. The largest absolute Gasteiger partial charge is 0.390 e. The van der Waals surface area contributed by atoms with E-state index >= 15 is 0 Å². The zero-order chi connectivity index (χ0) is 14.2. The van der Waals surface area contributed by atoms with Gasteiger partial charge in [0, 0.05) is 12.2 Å². The minimum atomic E-state index is -0.488. The molecule has 0 spiro atoms. The molecular weight excluding hydrogens is 292 g/mol. The van der Waals surface area contributed by atoms with Crippen LogP contribution in [0.5, 0.6) is 0 Å². The van der Waals surface area contributed by atoms with Crippen LogP contribution in [0.25, 0.3) is 0 Å². The molecule has 0 aliphatic carbocycles. The quantitative estimate of drug-likeness (QED) is 0.760. The Bertz CT molecular complexity index is 505. The molecule has 0 radical (unpaired) electrons. The zero-order valence-electron chi connectivity index (χ0n) is 11.4. The van der Waals surface area contributed by atoms with Gasteiger partial charge in [0.05, 0.1) is 19.3 Å². The molecule has 6 heteroatoms. The third-order valence-electron chi connectivity index (χ3n) is 2.59. The highest BCUT2D eigenvalue weighted by atomic mass is 32.2. The van der Waals surface area contributed by atoms with Crippen molar-refractivity contribution in [2.75, 3.05) is 12.4 Å². The Hall–Kier alpha value is -0.950. The van der Waals surface area contributed by atoms with Crippen molar-refractivity contribution in [1.82, 2.24) is 9.36 Å². The molecule has 0 aliphatic heterocycles. The maximum absolute atomic E-state index is 9.86. The molecule has 0 bridgehead atoms. The van der Waals surface area contributed by atoms with Gasteiger partial charge < -0.3 is 9.84 Å². The highest BCUT2D eigenvalue weighted by Crippen LogP contribution is 2.21. The number of hydrogen-bond acceptors (Lipinski definition) is 6. The molecule has 0 amide bonds. The number of aliphatic hydroxyl groups excluding tert-OH is 1.